The van der Waals surface area contributed by atoms with Crippen molar-refractivity contribution in [2.75, 3.05) is 17.7 Å². The molecule has 2 N–H and O–H groups in total. The summed E-state index contributed by atoms with van der Waals surface area (Å²) in [5.41, 5.74) is -1.22. The number of aromatic nitrogens is 2. The molecule has 3 rings (SSSR count). The molecule has 1 heterocycles. The lowest BCUT2D eigenvalue weighted by molar-refractivity contribution is -0.143. The van der Waals surface area contributed by atoms with E-state index in [1.807, 2.05) is 0 Å². The van der Waals surface area contributed by atoms with E-state index in [-0.39, 0.29) is 16.4 Å². The van der Waals surface area contributed by atoms with E-state index in [1.165, 1.54) is 55.6 Å². The predicted molar refractivity (Wildman–Crippen MR) is 104 cm³/mol. The number of hydrogen-bond acceptors (Lipinski definition) is 4. The lowest BCUT2D eigenvalue weighted by Crippen LogP contribution is -2.20. The molecule has 0 aliphatic heterocycles. The van der Waals surface area contributed by atoms with Gasteiger partial charge in [0, 0.05) is 16.4 Å². The molecule has 0 saturated carbocycles. The number of carbonyl (C=O) groups is 2. The summed E-state index contributed by atoms with van der Waals surface area (Å²) in [6.07, 6.45) is -4.69. The Morgan fingerprint density at radius 3 is 2.27 bits per heavy atom. The number of anilines is 2. The number of rotatable bonds is 4. The summed E-state index contributed by atoms with van der Waals surface area (Å²) < 4.78 is 46.2. The van der Waals surface area contributed by atoms with Crippen molar-refractivity contribution in [3.05, 3.63) is 71.0 Å². The van der Waals surface area contributed by atoms with Gasteiger partial charge in [0.1, 0.15) is 0 Å². The van der Waals surface area contributed by atoms with Crippen molar-refractivity contribution < 1.29 is 27.5 Å². The van der Waals surface area contributed by atoms with Crippen LogP contribution in [0, 0.1) is 0 Å². The molecular formula is C19H14ClF3N4O3. The lowest BCUT2D eigenvalue weighted by atomic mass is 10.2. The number of methoxy groups -OCH3 is 1. The number of amides is 2. The molecule has 0 saturated heterocycles. The van der Waals surface area contributed by atoms with Crippen LogP contribution in [0.25, 0.3) is 5.69 Å². The highest BCUT2D eigenvalue weighted by Crippen LogP contribution is 2.34. The van der Waals surface area contributed by atoms with Crippen molar-refractivity contribution in [2.45, 2.75) is 6.18 Å². The Kier molecular flexibility index (Phi) is 5.97. The standard InChI is InChI=1S/C19H14ClF3N4O3/c1-30-18(29)26-13-7-5-12(6-8-13)25-17(28)15-10-24-27(16(15)19(21,22)23)14-4-2-3-11(20)9-14/h2-10H,1H3,(H,25,28)(H,26,29). The number of nitrogens with one attached hydrogen (secondary N) is 2. The summed E-state index contributed by atoms with van der Waals surface area (Å²) in [5.74, 6) is -0.996. The van der Waals surface area contributed by atoms with E-state index in [4.69, 9.17) is 11.6 Å². The zero-order chi connectivity index (χ0) is 21.9. The van der Waals surface area contributed by atoms with Crippen molar-refractivity contribution in [2.24, 2.45) is 0 Å². The molecule has 3 aromatic rings. The highest BCUT2D eigenvalue weighted by Gasteiger charge is 2.40. The molecule has 0 radical (unpaired) electrons. The second kappa shape index (κ2) is 8.46. The molecule has 0 unspecified atom stereocenters. The normalized spacial score (nSPS) is 11.1. The van der Waals surface area contributed by atoms with Crippen LogP contribution in [0.5, 0.6) is 0 Å². The fourth-order valence-corrected chi connectivity index (χ4v) is 2.78. The van der Waals surface area contributed by atoms with E-state index >= 15 is 0 Å². The summed E-state index contributed by atoms with van der Waals surface area (Å²) in [5, 5.41) is 8.74. The number of halogens is 4. The van der Waals surface area contributed by atoms with Gasteiger partial charge in [0.15, 0.2) is 5.69 Å². The zero-order valence-electron chi connectivity index (χ0n) is 15.3. The third-order valence-corrected chi connectivity index (χ3v) is 4.14. The van der Waals surface area contributed by atoms with Crippen LogP contribution in [0.4, 0.5) is 29.3 Å². The van der Waals surface area contributed by atoms with Crippen molar-refractivity contribution >= 4 is 35.0 Å². The minimum Gasteiger partial charge on any atom is -0.453 e. The van der Waals surface area contributed by atoms with Crippen LogP contribution in [-0.2, 0) is 10.9 Å². The topological polar surface area (TPSA) is 85.2 Å². The first-order chi connectivity index (χ1) is 14.2. The average molecular weight is 439 g/mol. The lowest BCUT2D eigenvalue weighted by Gasteiger charge is -2.13. The van der Waals surface area contributed by atoms with Crippen LogP contribution in [-0.4, -0.2) is 28.9 Å². The van der Waals surface area contributed by atoms with Gasteiger partial charge in [0.25, 0.3) is 5.91 Å². The van der Waals surface area contributed by atoms with Gasteiger partial charge in [-0.2, -0.15) is 18.3 Å². The number of hydrogen-bond donors (Lipinski definition) is 2. The van der Waals surface area contributed by atoms with Crippen LogP contribution < -0.4 is 10.6 Å². The number of ether oxygens (including phenoxy) is 1. The minimum atomic E-state index is -4.85. The fourth-order valence-electron chi connectivity index (χ4n) is 2.60. The van der Waals surface area contributed by atoms with E-state index in [0.29, 0.717) is 10.4 Å². The van der Waals surface area contributed by atoms with Gasteiger partial charge >= 0.3 is 12.3 Å². The highest BCUT2D eigenvalue weighted by atomic mass is 35.5. The second-order valence-corrected chi connectivity index (χ2v) is 6.38. The third kappa shape index (κ3) is 4.71. The molecule has 2 amide bonds. The van der Waals surface area contributed by atoms with Crippen molar-refractivity contribution in [1.82, 2.24) is 9.78 Å². The predicted octanol–water partition coefficient (Wildman–Crippen LogP) is 4.98. The molecule has 11 heteroatoms. The van der Waals surface area contributed by atoms with Gasteiger partial charge in [-0.1, -0.05) is 17.7 Å². The molecule has 30 heavy (non-hydrogen) atoms. The maximum atomic E-state index is 13.7. The third-order valence-electron chi connectivity index (χ3n) is 3.91. The largest absolute Gasteiger partial charge is 0.453 e. The Hall–Kier alpha value is -3.53. The van der Waals surface area contributed by atoms with E-state index in [0.717, 1.165) is 6.20 Å². The Morgan fingerprint density at radius 1 is 1.07 bits per heavy atom. The first-order valence-electron chi connectivity index (χ1n) is 8.36. The average Bonchev–Trinajstić information content (AvgIpc) is 3.15. The second-order valence-electron chi connectivity index (χ2n) is 5.94. The quantitative estimate of drug-likeness (QED) is 0.602. The number of nitrogens with zero attached hydrogens (tertiary/aromatic N) is 2. The molecule has 0 atom stereocenters. The van der Waals surface area contributed by atoms with Crippen LogP contribution in [0.2, 0.25) is 5.02 Å². The summed E-state index contributed by atoms with van der Waals surface area (Å²) in [6, 6.07) is 11.4. The Morgan fingerprint density at radius 2 is 1.70 bits per heavy atom. The Labute approximate surface area is 173 Å². The molecule has 156 valence electrons. The van der Waals surface area contributed by atoms with Crippen molar-refractivity contribution in [3.8, 4) is 5.69 Å². The summed E-state index contributed by atoms with van der Waals surface area (Å²) in [7, 11) is 1.20. The molecular weight excluding hydrogens is 425 g/mol. The first kappa shape index (κ1) is 21.2. The molecule has 7 nitrogen and oxygen atoms in total. The fraction of sp³-hybridized carbons (Fsp3) is 0.105. The van der Waals surface area contributed by atoms with Crippen LogP contribution in [0.15, 0.2) is 54.7 Å². The van der Waals surface area contributed by atoms with Gasteiger partial charge in [-0.3, -0.25) is 10.1 Å². The monoisotopic (exact) mass is 438 g/mol. The Balaban J connectivity index is 1.88. The highest BCUT2D eigenvalue weighted by molar-refractivity contribution is 6.30. The SMILES string of the molecule is COC(=O)Nc1ccc(NC(=O)c2cnn(-c3cccc(Cl)c3)c2C(F)(F)F)cc1. The van der Waals surface area contributed by atoms with Crippen LogP contribution in [0.1, 0.15) is 16.1 Å². The zero-order valence-corrected chi connectivity index (χ0v) is 16.1. The van der Waals surface area contributed by atoms with Gasteiger partial charge < -0.3 is 10.1 Å². The summed E-state index contributed by atoms with van der Waals surface area (Å²) in [6.45, 7) is 0. The van der Waals surface area contributed by atoms with Gasteiger partial charge in [-0.25, -0.2) is 9.48 Å². The molecule has 0 aliphatic carbocycles. The van der Waals surface area contributed by atoms with Gasteiger partial charge in [0.2, 0.25) is 0 Å². The molecule has 0 aliphatic rings. The molecule has 1 aromatic heterocycles. The summed E-state index contributed by atoms with van der Waals surface area (Å²) in [4.78, 5) is 23.7. The summed E-state index contributed by atoms with van der Waals surface area (Å²) >= 11 is 5.86. The van der Waals surface area contributed by atoms with Gasteiger partial charge in [0.05, 0.1) is 24.6 Å². The molecule has 0 bridgehead atoms. The van der Waals surface area contributed by atoms with Crippen molar-refractivity contribution in [1.29, 1.82) is 0 Å². The first-order valence-corrected chi connectivity index (χ1v) is 8.74. The minimum absolute atomic E-state index is 0.0621. The van der Waals surface area contributed by atoms with Gasteiger partial charge in [-0.15, -0.1) is 0 Å². The van der Waals surface area contributed by atoms with E-state index < -0.39 is 29.4 Å². The maximum Gasteiger partial charge on any atom is 0.434 e. The van der Waals surface area contributed by atoms with E-state index in [1.54, 1.807) is 0 Å². The molecule has 0 spiro atoms. The maximum absolute atomic E-state index is 13.7. The van der Waals surface area contributed by atoms with Crippen LogP contribution >= 0.6 is 11.6 Å². The van der Waals surface area contributed by atoms with E-state index in [9.17, 15) is 22.8 Å². The number of alkyl halides is 3. The molecule has 0 fully saturated rings. The van der Waals surface area contributed by atoms with Crippen molar-refractivity contribution in [3.63, 3.8) is 0 Å². The van der Waals surface area contributed by atoms with Crippen LogP contribution in [0.3, 0.4) is 0 Å². The Bertz CT molecular complexity index is 1080. The smallest absolute Gasteiger partial charge is 0.434 e. The number of carbonyl (C=O) groups excluding carboxylic acids is 2. The molecule has 2 aromatic carbocycles. The number of benzene rings is 2. The van der Waals surface area contributed by atoms with Gasteiger partial charge in [-0.05, 0) is 42.5 Å². The van der Waals surface area contributed by atoms with E-state index in [2.05, 4.69) is 20.5 Å².